The van der Waals surface area contributed by atoms with Crippen LogP contribution in [0.15, 0.2) is 16.6 Å². The van der Waals surface area contributed by atoms with Crippen LogP contribution in [-0.2, 0) is 11.2 Å². The SMILES string of the molecule is COc1cc(Br)cc2c1OC(CNC(=O)OC(C)(C)C)C2. The van der Waals surface area contributed by atoms with Gasteiger partial charge in [0.15, 0.2) is 11.5 Å². The van der Waals surface area contributed by atoms with Crippen molar-refractivity contribution >= 4 is 22.0 Å². The van der Waals surface area contributed by atoms with Crippen LogP contribution in [0, 0.1) is 0 Å². The summed E-state index contributed by atoms with van der Waals surface area (Å²) in [5, 5.41) is 2.73. The van der Waals surface area contributed by atoms with Gasteiger partial charge in [0.2, 0.25) is 0 Å². The maximum atomic E-state index is 11.6. The number of fused-ring (bicyclic) bond motifs is 1. The molecule has 1 unspecified atom stereocenters. The number of hydrogen-bond acceptors (Lipinski definition) is 4. The number of halogens is 1. The Kier molecular flexibility index (Phi) is 4.66. The third-order valence-corrected chi connectivity index (χ3v) is 3.38. The summed E-state index contributed by atoms with van der Waals surface area (Å²) in [5.74, 6) is 1.44. The van der Waals surface area contributed by atoms with Gasteiger partial charge in [0.1, 0.15) is 11.7 Å². The van der Waals surface area contributed by atoms with Gasteiger partial charge < -0.3 is 19.5 Å². The van der Waals surface area contributed by atoms with Crippen LogP contribution in [0.3, 0.4) is 0 Å². The Labute approximate surface area is 133 Å². The Morgan fingerprint density at radius 2 is 2.19 bits per heavy atom. The van der Waals surface area contributed by atoms with Crippen LogP contribution in [0.5, 0.6) is 11.5 Å². The maximum absolute atomic E-state index is 11.6. The number of amides is 1. The molecule has 0 saturated carbocycles. The van der Waals surface area contributed by atoms with Crippen molar-refractivity contribution in [2.24, 2.45) is 0 Å². The zero-order chi connectivity index (χ0) is 15.6. The molecule has 2 rings (SSSR count). The highest BCUT2D eigenvalue weighted by Crippen LogP contribution is 2.40. The van der Waals surface area contributed by atoms with Gasteiger partial charge in [-0.15, -0.1) is 0 Å². The predicted molar refractivity (Wildman–Crippen MR) is 83.1 cm³/mol. The molecule has 1 N–H and O–H groups in total. The first-order valence-corrected chi connectivity index (χ1v) is 7.57. The zero-order valence-corrected chi connectivity index (χ0v) is 14.2. The quantitative estimate of drug-likeness (QED) is 0.901. The Balaban J connectivity index is 1.93. The Morgan fingerprint density at radius 3 is 2.81 bits per heavy atom. The predicted octanol–water partition coefficient (Wildman–Crippen LogP) is 3.29. The molecule has 1 aromatic carbocycles. The van der Waals surface area contributed by atoms with Crippen LogP contribution in [-0.4, -0.2) is 31.5 Å². The normalized spacial score (nSPS) is 16.9. The molecule has 0 bridgehead atoms. The minimum absolute atomic E-state index is 0.115. The largest absolute Gasteiger partial charge is 0.493 e. The second-order valence-corrected chi connectivity index (χ2v) is 6.84. The van der Waals surface area contributed by atoms with Crippen molar-refractivity contribution in [3.63, 3.8) is 0 Å². The second kappa shape index (κ2) is 6.13. The lowest BCUT2D eigenvalue weighted by Crippen LogP contribution is -2.38. The first-order valence-electron chi connectivity index (χ1n) is 6.78. The molecule has 1 aliphatic rings. The van der Waals surface area contributed by atoms with E-state index in [1.54, 1.807) is 7.11 Å². The molecule has 6 heteroatoms. The van der Waals surface area contributed by atoms with Crippen molar-refractivity contribution in [2.45, 2.75) is 38.9 Å². The van der Waals surface area contributed by atoms with Crippen molar-refractivity contribution in [3.8, 4) is 11.5 Å². The summed E-state index contributed by atoms with van der Waals surface area (Å²) in [6, 6.07) is 3.87. The molecule has 0 spiro atoms. The molecular weight excluding hydrogens is 338 g/mol. The highest BCUT2D eigenvalue weighted by molar-refractivity contribution is 9.10. The average molecular weight is 358 g/mol. The molecule has 5 nitrogen and oxygen atoms in total. The fourth-order valence-electron chi connectivity index (χ4n) is 2.14. The lowest BCUT2D eigenvalue weighted by Gasteiger charge is -2.20. The van der Waals surface area contributed by atoms with E-state index >= 15 is 0 Å². The van der Waals surface area contributed by atoms with Crippen molar-refractivity contribution in [2.75, 3.05) is 13.7 Å². The van der Waals surface area contributed by atoms with E-state index in [1.807, 2.05) is 32.9 Å². The zero-order valence-electron chi connectivity index (χ0n) is 12.7. The van der Waals surface area contributed by atoms with E-state index in [1.165, 1.54) is 0 Å². The molecule has 1 amide bonds. The topological polar surface area (TPSA) is 56.8 Å². The third-order valence-electron chi connectivity index (χ3n) is 2.92. The van der Waals surface area contributed by atoms with Gasteiger partial charge >= 0.3 is 6.09 Å². The number of carbonyl (C=O) groups is 1. The summed E-state index contributed by atoms with van der Waals surface area (Å²) in [4.78, 5) is 11.6. The van der Waals surface area contributed by atoms with E-state index in [0.717, 1.165) is 22.2 Å². The molecular formula is C15H20BrNO4. The minimum Gasteiger partial charge on any atom is -0.493 e. The number of carbonyl (C=O) groups excluding carboxylic acids is 1. The Morgan fingerprint density at radius 1 is 1.48 bits per heavy atom. The van der Waals surface area contributed by atoms with Gasteiger partial charge in [0.25, 0.3) is 0 Å². The first kappa shape index (κ1) is 15.9. The molecule has 0 radical (unpaired) electrons. The summed E-state index contributed by atoms with van der Waals surface area (Å²) >= 11 is 3.45. The summed E-state index contributed by atoms with van der Waals surface area (Å²) < 4.78 is 17.3. The van der Waals surface area contributed by atoms with E-state index in [4.69, 9.17) is 14.2 Å². The summed E-state index contributed by atoms with van der Waals surface area (Å²) in [7, 11) is 1.61. The first-order chi connectivity index (χ1) is 9.78. The Bertz CT molecular complexity index is 539. The van der Waals surface area contributed by atoms with Crippen molar-refractivity contribution in [1.82, 2.24) is 5.32 Å². The fraction of sp³-hybridized carbons (Fsp3) is 0.533. The van der Waals surface area contributed by atoms with Gasteiger partial charge in [0.05, 0.1) is 13.7 Å². The van der Waals surface area contributed by atoms with Crippen LogP contribution in [0.2, 0.25) is 0 Å². The fourth-order valence-corrected chi connectivity index (χ4v) is 2.62. The number of nitrogens with one attached hydrogen (secondary N) is 1. The standard InChI is InChI=1S/C15H20BrNO4/c1-15(2,3)21-14(18)17-8-11-6-9-5-10(16)7-12(19-4)13(9)20-11/h5,7,11H,6,8H2,1-4H3,(H,17,18). The Hall–Kier alpha value is -1.43. The van der Waals surface area contributed by atoms with Gasteiger partial charge in [-0.1, -0.05) is 15.9 Å². The van der Waals surface area contributed by atoms with Crippen molar-refractivity contribution < 1.29 is 19.0 Å². The van der Waals surface area contributed by atoms with E-state index in [2.05, 4.69) is 21.2 Å². The maximum Gasteiger partial charge on any atom is 0.407 e. The van der Waals surface area contributed by atoms with Gasteiger partial charge in [-0.25, -0.2) is 4.79 Å². The number of benzene rings is 1. The molecule has 0 saturated heterocycles. The molecule has 21 heavy (non-hydrogen) atoms. The molecule has 1 atom stereocenters. The highest BCUT2D eigenvalue weighted by atomic mass is 79.9. The van der Waals surface area contributed by atoms with E-state index in [0.29, 0.717) is 12.3 Å². The highest BCUT2D eigenvalue weighted by Gasteiger charge is 2.27. The molecule has 0 aliphatic carbocycles. The monoisotopic (exact) mass is 357 g/mol. The molecule has 116 valence electrons. The van der Waals surface area contributed by atoms with E-state index in [9.17, 15) is 4.79 Å². The van der Waals surface area contributed by atoms with Crippen LogP contribution in [0.25, 0.3) is 0 Å². The lowest BCUT2D eigenvalue weighted by molar-refractivity contribution is 0.0505. The molecule has 1 aliphatic heterocycles. The lowest BCUT2D eigenvalue weighted by atomic mass is 10.1. The number of rotatable bonds is 3. The van der Waals surface area contributed by atoms with E-state index in [-0.39, 0.29) is 6.10 Å². The second-order valence-electron chi connectivity index (χ2n) is 5.92. The number of methoxy groups -OCH3 is 1. The number of alkyl carbamates (subject to hydrolysis) is 1. The van der Waals surface area contributed by atoms with Gasteiger partial charge in [-0.3, -0.25) is 0 Å². The van der Waals surface area contributed by atoms with Gasteiger partial charge in [0, 0.05) is 16.5 Å². The molecule has 1 aromatic rings. The minimum atomic E-state index is -0.502. The average Bonchev–Trinajstić information content (AvgIpc) is 2.76. The summed E-state index contributed by atoms with van der Waals surface area (Å²) in [6.07, 6.45) is 0.173. The molecule has 0 fully saturated rings. The van der Waals surface area contributed by atoms with E-state index < -0.39 is 11.7 Å². The number of ether oxygens (including phenoxy) is 3. The van der Waals surface area contributed by atoms with Crippen LogP contribution < -0.4 is 14.8 Å². The summed E-state index contributed by atoms with van der Waals surface area (Å²) in [6.45, 7) is 5.88. The van der Waals surface area contributed by atoms with Crippen LogP contribution in [0.1, 0.15) is 26.3 Å². The van der Waals surface area contributed by atoms with Crippen molar-refractivity contribution in [1.29, 1.82) is 0 Å². The number of hydrogen-bond donors (Lipinski definition) is 1. The smallest absolute Gasteiger partial charge is 0.407 e. The van der Waals surface area contributed by atoms with Crippen LogP contribution >= 0.6 is 15.9 Å². The van der Waals surface area contributed by atoms with Crippen molar-refractivity contribution in [3.05, 3.63) is 22.2 Å². The molecule has 1 heterocycles. The van der Waals surface area contributed by atoms with Crippen LogP contribution in [0.4, 0.5) is 4.79 Å². The third kappa shape index (κ3) is 4.27. The van der Waals surface area contributed by atoms with Gasteiger partial charge in [-0.2, -0.15) is 0 Å². The summed E-state index contributed by atoms with van der Waals surface area (Å²) in [5.41, 5.74) is 0.565. The molecule has 0 aromatic heterocycles. The van der Waals surface area contributed by atoms with Gasteiger partial charge in [-0.05, 0) is 32.9 Å².